The second-order valence-corrected chi connectivity index (χ2v) is 9.03. The fourth-order valence-electron chi connectivity index (χ4n) is 3.84. The van der Waals surface area contributed by atoms with Gasteiger partial charge in [0.25, 0.3) is 0 Å². The van der Waals surface area contributed by atoms with Crippen molar-refractivity contribution in [2.75, 3.05) is 19.4 Å². The lowest BCUT2D eigenvalue weighted by Crippen LogP contribution is -2.29. The third-order valence-corrected chi connectivity index (χ3v) is 6.55. The molecule has 2 aromatic heterocycles. The Kier molecular flexibility index (Phi) is 6.99. The molecule has 1 atom stereocenters. The van der Waals surface area contributed by atoms with E-state index in [1.54, 1.807) is 7.11 Å². The van der Waals surface area contributed by atoms with E-state index in [0.29, 0.717) is 12.3 Å². The lowest BCUT2D eigenvalue weighted by Gasteiger charge is -2.13. The van der Waals surface area contributed by atoms with E-state index in [-0.39, 0.29) is 11.8 Å². The van der Waals surface area contributed by atoms with Crippen LogP contribution in [-0.4, -0.2) is 39.9 Å². The first-order valence-electron chi connectivity index (χ1n) is 10.9. The van der Waals surface area contributed by atoms with Crippen LogP contribution >= 0.6 is 11.8 Å². The van der Waals surface area contributed by atoms with Crippen LogP contribution in [0.5, 0.6) is 5.75 Å². The highest BCUT2D eigenvalue weighted by atomic mass is 32.2. The standard InChI is InChI=1S/C26H28N4O2S/c1-17(20-10-6-5-7-11-20)15-27-23(31)16-33-24-14-18(2)28-26-25(19(3)29-30(24)26)21-12-8-9-13-22(21)32-4/h5-14,17H,15-16H2,1-4H3,(H,27,31)/t17-/m1/s1. The van der Waals surface area contributed by atoms with Gasteiger partial charge in [-0.05, 0) is 37.5 Å². The third-order valence-electron chi connectivity index (χ3n) is 5.56. The molecule has 7 heteroatoms. The number of nitrogens with one attached hydrogen (secondary N) is 1. The molecule has 4 aromatic rings. The number of fused-ring (bicyclic) bond motifs is 1. The van der Waals surface area contributed by atoms with Gasteiger partial charge < -0.3 is 10.1 Å². The molecule has 0 radical (unpaired) electrons. The van der Waals surface area contributed by atoms with E-state index in [9.17, 15) is 4.79 Å². The van der Waals surface area contributed by atoms with E-state index in [1.165, 1.54) is 17.3 Å². The number of nitrogens with zero attached hydrogens (tertiary/aromatic N) is 3. The molecule has 1 amide bonds. The van der Waals surface area contributed by atoms with Crippen molar-refractivity contribution in [3.63, 3.8) is 0 Å². The molecule has 2 aromatic carbocycles. The predicted octanol–water partition coefficient (Wildman–Crippen LogP) is 5.03. The SMILES string of the molecule is COc1ccccc1-c1c(C)nn2c(SCC(=O)NC[C@@H](C)c3ccccc3)cc(C)nc12. The Hall–Kier alpha value is -3.32. The number of hydrogen-bond acceptors (Lipinski definition) is 5. The quantitative estimate of drug-likeness (QED) is 0.295. The molecule has 4 rings (SSSR count). The van der Waals surface area contributed by atoms with E-state index < -0.39 is 0 Å². The number of rotatable bonds is 8. The summed E-state index contributed by atoms with van der Waals surface area (Å²) < 4.78 is 7.40. The zero-order valence-corrected chi connectivity index (χ0v) is 20.1. The average Bonchev–Trinajstić information content (AvgIpc) is 3.16. The van der Waals surface area contributed by atoms with Crippen LogP contribution in [0, 0.1) is 13.8 Å². The van der Waals surface area contributed by atoms with Gasteiger partial charge in [0, 0.05) is 17.8 Å². The molecule has 0 spiro atoms. The lowest BCUT2D eigenvalue weighted by molar-refractivity contribution is -0.118. The smallest absolute Gasteiger partial charge is 0.230 e. The Bertz CT molecular complexity index is 1270. The summed E-state index contributed by atoms with van der Waals surface area (Å²) in [4.78, 5) is 17.3. The van der Waals surface area contributed by atoms with Crippen LogP contribution in [0.3, 0.4) is 0 Å². The first-order valence-corrected chi connectivity index (χ1v) is 11.9. The first kappa shape index (κ1) is 22.9. The molecule has 0 saturated carbocycles. The number of ether oxygens (including phenoxy) is 1. The predicted molar refractivity (Wildman–Crippen MR) is 133 cm³/mol. The number of amides is 1. The molecule has 1 N–H and O–H groups in total. The largest absolute Gasteiger partial charge is 0.496 e. The van der Waals surface area contributed by atoms with Gasteiger partial charge in [0.2, 0.25) is 5.91 Å². The van der Waals surface area contributed by atoms with Crippen LogP contribution in [0.15, 0.2) is 65.7 Å². The number of carbonyl (C=O) groups excluding carboxylic acids is 1. The second kappa shape index (κ2) is 10.1. The molecule has 33 heavy (non-hydrogen) atoms. The van der Waals surface area contributed by atoms with Crippen molar-refractivity contribution in [3.8, 4) is 16.9 Å². The van der Waals surface area contributed by atoms with Crippen LogP contribution in [0.4, 0.5) is 0 Å². The Morgan fingerprint density at radius 3 is 2.61 bits per heavy atom. The Balaban J connectivity index is 1.52. The van der Waals surface area contributed by atoms with Crippen molar-refractivity contribution in [1.29, 1.82) is 0 Å². The van der Waals surface area contributed by atoms with Gasteiger partial charge in [0.15, 0.2) is 5.65 Å². The minimum absolute atomic E-state index is 0.000716. The maximum absolute atomic E-state index is 12.6. The number of hydrogen-bond donors (Lipinski definition) is 1. The van der Waals surface area contributed by atoms with Gasteiger partial charge in [-0.25, -0.2) is 9.50 Å². The number of methoxy groups -OCH3 is 1. The Morgan fingerprint density at radius 2 is 1.85 bits per heavy atom. The molecule has 0 aliphatic heterocycles. The molecule has 170 valence electrons. The van der Waals surface area contributed by atoms with Crippen molar-refractivity contribution in [2.24, 2.45) is 0 Å². The van der Waals surface area contributed by atoms with Crippen molar-refractivity contribution < 1.29 is 9.53 Å². The first-order chi connectivity index (χ1) is 16.0. The highest BCUT2D eigenvalue weighted by molar-refractivity contribution is 7.99. The maximum atomic E-state index is 12.6. The summed E-state index contributed by atoms with van der Waals surface area (Å²) in [5.41, 5.74) is 5.61. The summed E-state index contributed by atoms with van der Waals surface area (Å²) in [5, 5.41) is 8.68. The molecule has 6 nitrogen and oxygen atoms in total. The van der Waals surface area contributed by atoms with Gasteiger partial charge in [-0.3, -0.25) is 4.79 Å². The fraction of sp³-hybridized carbons (Fsp3) is 0.269. The fourth-order valence-corrected chi connectivity index (χ4v) is 4.72. The highest BCUT2D eigenvalue weighted by Crippen LogP contribution is 2.35. The topological polar surface area (TPSA) is 68.5 Å². The third kappa shape index (κ3) is 5.03. The van der Waals surface area contributed by atoms with Crippen molar-refractivity contribution in [3.05, 3.63) is 77.6 Å². The Labute approximate surface area is 198 Å². The summed E-state index contributed by atoms with van der Waals surface area (Å²) >= 11 is 1.46. The summed E-state index contributed by atoms with van der Waals surface area (Å²) in [5.74, 6) is 1.34. The van der Waals surface area contributed by atoms with Gasteiger partial charge in [-0.15, -0.1) is 0 Å². The number of carbonyl (C=O) groups is 1. The number of aryl methyl sites for hydroxylation is 2. The highest BCUT2D eigenvalue weighted by Gasteiger charge is 2.19. The molecule has 0 aliphatic carbocycles. The van der Waals surface area contributed by atoms with Crippen LogP contribution in [0.1, 0.15) is 29.8 Å². The minimum Gasteiger partial charge on any atom is -0.496 e. The van der Waals surface area contributed by atoms with Crippen molar-refractivity contribution in [2.45, 2.75) is 31.7 Å². The summed E-state index contributed by atoms with van der Waals surface area (Å²) in [7, 11) is 1.66. The van der Waals surface area contributed by atoms with Crippen LogP contribution < -0.4 is 10.1 Å². The average molecular weight is 461 g/mol. The molecule has 0 aliphatic rings. The van der Waals surface area contributed by atoms with Crippen LogP contribution in [-0.2, 0) is 4.79 Å². The van der Waals surface area contributed by atoms with Gasteiger partial charge in [-0.2, -0.15) is 5.10 Å². The number of para-hydroxylation sites is 1. The van der Waals surface area contributed by atoms with Gasteiger partial charge in [0.05, 0.1) is 24.1 Å². The van der Waals surface area contributed by atoms with Crippen molar-refractivity contribution >= 4 is 23.3 Å². The zero-order valence-electron chi connectivity index (χ0n) is 19.3. The van der Waals surface area contributed by atoms with E-state index >= 15 is 0 Å². The van der Waals surface area contributed by atoms with E-state index in [0.717, 1.165) is 38.9 Å². The summed E-state index contributed by atoms with van der Waals surface area (Å²) in [6.07, 6.45) is 0. The van der Waals surface area contributed by atoms with Crippen LogP contribution in [0.25, 0.3) is 16.8 Å². The van der Waals surface area contributed by atoms with Gasteiger partial charge >= 0.3 is 0 Å². The van der Waals surface area contributed by atoms with Crippen molar-refractivity contribution in [1.82, 2.24) is 19.9 Å². The lowest BCUT2D eigenvalue weighted by atomic mass is 10.0. The zero-order chi connectivity index (χ0) is 23.4. The second-order valence-electron chi connectivity index (χ2n) is 8.04. The number of aromatic nitrogens is 3. The molecule has 0 unspecified atom stereocenters. The molecule has 0 fully saturated rings. The van der Waals surface area contributed by atoms with E-state index in [4.69, 9.17) is 14.8 Å². The molecule has 0 saturated heterocycles. The monoisotopic (exact) mass is 460 g/mol. The maximum Gasteiger partial charge on any atom is 0.230 e. The van der Waals surface area contributed by atoms with Gasteiger partial charge in [0.1, 0.15) is 10.8 Å². The normalized spacial score (nSPS) is 12.0. The Morgan fingerprint density at radius 1 is 1.12 bits per heavy atom. The molecule has 0 bridgehead atoms. The molecular formula is C26H28N4O2S. The van der Waals surface area contributed by atoms with Crippen LogP contribution in [0.2, 0.25) is 0 Å². The number of benzene rings is 2. The minimum atomic E-state index is -0.000716. The van der Waals surface area contributed by atoms with E-state index in [1.807, 2.05) is 66.9 Å². The summed E-state index contributed by atoms with van der Waals surface area (Å²) in [6.45, 7) is 6.65. The van der Waals surface area contributed by atoms with Gasteiger partial charge in [-0.1, -0.05) is 67.2 Å². The molecule has 2 heterocycles. The van der Waals surface area contributed by atoms with E-state index in [2.05, 4.69) is 24.4 Å². The molecular weight excluding hydrogens is 432 g/mol. The summed E-state index contributed by atoms with van der Waals surface area (Å²) in [6, 6.07) is 20.1. The number of thioether (sulfide) groups is 1.